The molecule has 3 amide bonds. The minimum atomic E-state index is -1.21. The van der Waals surface area contributed by atoms with Crippen LogP contribution in [0.15, 0.2) is 74.7 Å². The minimum Gasteiger partial charge on any atom is -0.480 e. The molecule has 0 aromatic heterocycles. The van der Waals surface area contributed by atoms with E-state index in [2.05, 4.69) is 25.9 Å². The molecular formula is C23H29N7O4S. The Kier molecular flexibility index (Phi) is 11.2. The molecule has 35 heavy (non-hydrogen) atoms. The number of urea groups is 1. The van der Waals surface area contributed by atoms with Gasteiger partial charge in [-0.2, -0.15) is 0 Å². The topological polar surface area (TPSA) is 185 Å². The van der Waals surface area contributed by atoms with E-state index in [9.17, 15) is 19.5 Å². The van der Waals surface area contributed by atoms with Crippen LogP contribution in [0.3, 0.4) is 0 Å². The Morgan fingerprint density at radius 1 is 1.00 bits per heavy atom. The Morgan fingerprint density at radius 3 is 2.29 bits per heavy atom. The van der Waals surface area contributed by atoms with Gasteiger partial charge in [-0.15, -0.1) is 16.9 Å². The number of carbonyl (C=O) groups is 3. The summed E-state index contributed by atoms with van der Waals surface area (Å²) >= 11 is 1.57. The minimum absolute atomic E-state index is 0.0964. The van der Waals surface area contributed by atoms with Crippen molar-refractivity contribution in [1.82, 2.24) is 10.6 Å². The molecule has 0 unspecified atom stereocenters. The number of nitrogens with zero attached hydrogens (tertiary/aromatic N) is 3. The lowest BCUT2D eigenvalue weighted by molar-refractivity contribution is -0.142. The van der Waals surface area contributed by atoms with E-state index in [1.807, 2.05) is 30.5 Å². The number of aliphatic imine (C=N–C) groups is 1. The molecule has 0 heterocycles. The van der Waals surface area contributed by atoms with Gasteiger partial charge in [0.05, 0.1) is 5.69 Å². The summed E-state index contributed by atoms with van der Waals surface area (Å²) in [6, 6.07) is 13.1. The van der Waals surface area contributed by atoms with E-state index in [4.69, 9.17) is 11.5 Å². The number of guanidine groups is 1. The van der Waals surface area contributed by atoms with Crippen LogP contribution in [0, 0.1) is 0 Å². The maximum Gasteiger partial charge on any atom is 0.360 e. The van der Waals surface area contributed by atoms with Gasteiger partial charge in [0.15, 0.2) is 5.96 Å². The summed E-state index contributed by atoms with van der Waals surface area (Å²) in [5.74, 6) is -1.96. The highest BCUT2D eigenvalue weighted by Gasteiger charge is 2.26. The molecule has 0 radical (unpaired) electrons. The van der Waals surface area contributed by atoms with Crippen LogP contribution in [0.25, 0.3) is 0 Å². The summed E-state index contributed by atoms with van der Waals surface area (Å²) in [5, 5.41) is 22.0. The molecule has 12 heteroatoms. The predicted molar refractivity (Wildman–Crippen MR) is 135 cm³/mol. The summed E-state index contributed by atoms with van der Waals surface area (Å²) in [6.45, 7) is 0.226. The van der Waals surface area contributed by atoms with Gasteiger partial charge in [-0.25, -0.2) is 9.59 Å². The Bertz CT molecular complexity index is 1040. The van der Waals surface area contributed by atoms with Crippen molar-refractivity contribution >= 4 is 41.3 Å². The molecule has 0 aliphatic carbocycles. The zero-order valence-corrected chi connectivity index (χ0v) is 20.1. The summed E-state index contributed by atoms with van der Waals surface area (Å²) in [7, 11) is 0. The van der Waals surface area contributed by atoms with Crippen LogP contribution in [0.2, 0.25) is 0 Å². The highest BCUT2D eigenvalue weighted by Crippen LogP contribution is 2.16. The molecule has 0 saturated heterocycles. The first kappa shape index (κ1) is 27.3. The smallest absolute Gasteiger partial charge is 0.360 e. The molecule has 0 saturated carbocycles. The number of carboxylic acids is 1. The average Bonchev–Trinajstić information content (AvgIpc) is 2.84. The first-order valence-electron chi connectivity index (χ1n) is 10.8. The number of nitrogens with two attached hydrogens (primary N) is 2. The molecule has 2 rings (SSSR count). The lowest BCUT2D eigenvalue weighted by Gasteiger charge is -2.21. The number of aliphatic carboxylic acids is 1. The number of hydrogen-bond acceptors (Lipinski definition) is 6. The van der Waals surface area contributed by atoms with E-state index in [-0.39, 0.29) is 25.3 Å². The van der Waals surface area contributed by atoms with Gasteiger partial charge in [-0.05, 0) is 48.9 Å². The van der Waals surface area contributed by atoms with Gasteiger partial charge >= 0.3 is 12.0 Å². The Hall–Kier alpha value is -3.93. The van der Waals surface area contributed by atoms with Crippen molar-refractivity contribution in [2.45, 2.75) is 36.2 Å². The van der Waals surface area contributed by atoms with Gasteiger partial charge < -0.3 is 27.2 Å². The van der Waals surface area contributed by atoms with Crippen LogP contribution in [0.4, 0.5) is 10.5 Å². The van der Waals surface area contributed by atoms with Crippen LogP contribution in [0.1, 0.15) is 18.4 Å². The van der Waals surface area contributed by atoms with Crippen molar-refractivity contribution in [2.75, 3.05) is 12.8 Å². The van der Waals surface area contributed by atoms with Crippen LogP contribution in [0.5, 0.6) is 0 Å². The molecule has 2 aromatic rings. The van der Waals surface area contributed by atoms with Crippen molar-refractivity contribution in [3.63, 3.8) is 0 Å². The number of benzene rings is 2. The number of carboxylic acid groups (broad SMARTS) is 1. The fraction of sp³-hybridized carbons (Fsp3) is 0.304. The molecule has 0 aliphatic heterocycles. The third-order valence-corrected chi connectivity index (χ3v) is 5.53. The fourth-order valence-electron chi connectivity index (χ4n) is 3.02. The molecular weight excluding hydrogens is 470 g/mol. The third kappa shape index (κ3) is 10.3. The van der Waals surface area contributed by atoms with E-state index in [1.165, 1.54) is 0 Å². The van der Waals surface area contributed by atoms with E-state index in [1.54, 1.807) is 42.1 Å². The van der Waals surface area contributed by atoms with Gasteiger partial charge in [0.2, 0.25) is 5.91 Å². The van der Waals surface area contributed by atoms with E-state index in [0.29, 0.717) is 12.1 Å². The van der Waals surface area contributed by atoms with Crippen molar-refractivity contribution < 1.29 is 19.5 Å². The number of hydrogen-bond donors (Lipinski definition) is 5. The SMILES string of the molecule is CSc1ccc(C[C@H](NC(=O)N=Nc2ccccc2)C(=O)N[C@@H](CCCN=C(N)N)C(=O)O)cc1. The lowest BCUT2D eigenvalue weighted by atomic mass is 10.0. The third-order valence-electron chi connectivity index (χ3n) is 4.79. The quantitative estimate of drug-likeness (QED) is 0.0975. The molecule has 0 fully saturated rings. The average molecular weight is 500 g/mol. The van der Waals surface area contributed by atoms with Crippen molar-refractivity contribution in [1.29, 1.82) is 0 Å². The van der Waals surface area contributed by atoms with E-state index >= 15 is 0 Å². The number of rotatable bonds is 12. The Balaban J connectivity index is 2.12. The second kappa shape index (κ2) is 14.4. The number of thioether (sulfide) groups is 1. The normalized spacial score (nSPS) is 12.5. The molecule has 11 nitrogen and oxygen atoms in total. The number of azo groups is 1. The van der Waals surface area contributed by atoms with Crippen LogP contribution >= 0.6 is 11.8 Å². The molecule has 186 valence electrons. The Labute approximate surface area is 207 Å². The van der Waals surface area contributed by atoms with Gasteiger partial charge in [-0.3, -0.25) is 9.79 Å². The Morgan fingerprint density at radius 2 is 1.69 bits per heavy atom. The maximum atomic E-state index is 13.0. The highest BCUT2D eigenvalue weighted by atomic mass is 32.2. The van der Waals surface area contributed by atoms with Gasteiger partial charge in [0.25, 0.3) is 0 Å². The molecule has 2 atom stereocenters. The molecule has 0 bridgehead atoms. The maximum absolute atomic E-state index is 13.0. The fourth-order valence-corrected chi connectivity index (χ4v) is 3.42. The first-order chi connectivity index (χ1) is 16.8. The van der Waals surface area contributed by atoms with Gasteiger partial charge in [0, 0.05) is 17.9 Å². The van der Waals surface area contributed by atoms with Crippen molar-refractivity contribution in [2.24, 2.45) is 26.7 Å². The predicted octanol–water partition coefficient (Wildman–Crippen LogP) is 2.44. The molecule has 0 aliphatic rings. The highest BCUT2D eigenvalue weighted by molar-refractivity contribution is 7.98. The summed E-state index contributed by atoms with van der Waals surface area (Å²) in [5.41, 5.74) is 11.8. The number of amides is 3. The second-order valence-corrected chi connectivity index (χ2v) is 8.32. The van der Waals surface area contributed by atoms with Gasteiger partial charge in [0.1, 0.15) is 12.1 Å². The second-order valence-electron chi connectivity index (χ2n) is 7.44. The first-order valence-corrected chi connectivity index (χ1v) is 12.0. The largest absolute Gasteiger partial charge is 0.480 e. The van der Waals surface area contributed by atoms with Crippen molar-refractivity contribution in [3.05, 3.63) is 60.2 Å². The monoisotopic (exact) mass is 499 g/mol. The van der Waals surface area contributed by atoms with Crippen LogP contribution in [-0.2, 0) is 16.0 Å². The number of carbonyl (C=O) groups excluding carboxylic acids is 2. The zero-order valence-electron chi connectivity index (χ0n) is 19.3. The number of nitrogens with one attached hydrogen (secondary N) is 2. The molecule has 7 N–H and O–H groups in total. The summed E-state index contributed by atoms with van der Waals surface area (Å²) in [4.78, 5) is 41.9. The standard InChI is InChI=1S/C23H29N7O4S/c1-35-17-11-9-15(10-12-17)14-19(28-23(34)30-29-16-6-3-2-4-7-16)20(31)27-18(21(32)33)8-5-13-26-22(24)25/h2-4,6-7,9-12,18-19H,5,8,13-14H2,1H3,(H,27,31)(H,28,34)(H,32,33)(H4,24,25,26)/t18-,19-/m0/s1. The molecule has 0 spiro atoms. The van der Waals surface area contributed by atoms with Crippen molar-refractivity contribution in [3.8, 4) is 0 Å². The van der Waals surface area contributed by atoms with E-state index < -0.39 is 30.0 Å². The summed E-state index contributed by atoms with van der Waals surface area (Å²) < 4.78 is 0. The van der Waals surface area contributed by atoms with E-state index in [0.717, 1.165) is 10.5 Å². The summed E-state index contributed by atoms with van der Waals surface area (Å²) in [6.07, 6.45) is 2.53. The zero-order chi connectivity index (χ0) is 25.6. The van der Waals surface area contributed by atoms with Crippen LogP contribution < -0.4 is 22.1 Å². The lowest BCUT2D eigenvalue weighted by Crippen LogP contribution is -2.52. The van der Waals surface area contributed by atoms with Gasteiger partial charge in [-0.1, -0.05) is 35.4 Å². The molecule has 2 aromatic carbocycles. The van der Waals surface area contributed by atoms with Crippen LogP contribution in [-0.4, -0.2) is 53.9 Å².